The minimum absolute atomic E-state index is 0.133. The van der Waals surface area contributed by atoms with Gasteiger partial charge in [0.15, 0.2) is 0 Å². The Hall–Kier alpha value is -3.80. The lowest BCUT2D eigenvalue weighted by atomic mass is 9.92. The summed E-state index contributed by atoms with van der Waals surface area (Å²) in [7, 11) is 0. The second-order valence-corrected chi connectivity index (χ2v) is 9.18. The van der Waals surface area contributed by atoms with Crippen LogP contribution in [0.25, 0.3) is 5.69 Å². The average molecular weight is 498 g/mol. The van der Waals surface area contributed by atoms with E-state index < -0.39 is 5.82 Å². The van der Waals surface area contributed by atoms with Gasteiger partial charge in [-0.25, -0.2) is 28.8 Å². The first-order valence-electron chi connectivity index (χ1n) is 11.9. The van der Waals surface area contributed by atoms with E-state index in [1.54, 1.807) is 17.0 Å². The van der Waals surface area contributed by atoms with E-state index in [-0.39, 0.29) is 36.1 Å². The fraction of sp³-hybridized carbons (Fsp3) is 0.458. The molecule has 1 amide bonds. The van der Waals surface area contributed by atoms with Gasteiger partial charge in [-0.15, -0.1) is 0 Å². The Kier molecular flexibility index (Phi) is 6.68. The summed E-state index contributed by atoms with van der Waals surface area (Å²) < 4.78 is 33.7. The van der Waals surface area contributed by atoms with Crippen LogP contribution in [0, 0.1) is 12.7 Å². The van der Waals surface area contributed by atoms with Crippen LogP contribution in [0.4, 0.5) is 20.7 Å². The number of carbonyl (C=O) groups excluding carboxylic acids is 1. The Morgan fingerprint density at radius 2 is 1.97 bits per heavy atom. The lowest BCUT2D eigenvalue weighted by molar-refractivity contribution is -0.0934. The molecule has 2 saturated heterocycles. The van der Waals surface area contributed by atoms with Gasteiger partial charge in [0.25, 0.3) is 0 Å². The highest BCUT2D eigenvalue weighted by atomic mass is 19.1. The first-order chi connectivity index (χ1) is 17.4. The topological polar surface area (TPSA) is 117 Å². The summed E-state index contributed by atoms with van der Waals surface area (Å²) in [5, 5.41) is 7.04. The standard InChI is InChI=1S/C24H28FN7O4/c1-14(2)35-24(33)32-17-6-19(7-18(32)10-34-9-17)36-23-15(3)22(27-12-28-23)30-21-5-4-16(8-20(21)25)31-13-26-11-29-31/h4-5,8,11-14,17-19H,6-7,9-10H2,1-3H3,(H,27,28,30). The van der Waals surface area contributed by atoms with Crippen molar-refractivity contribution < 1.29 is 23.4 Å². The monoisotopic (exact) mass is 497 g/mol. The number of amides is 1. The molecule has 2 aromatic heterocycles. The highest BCUT2D eigenvalue weighted by molar-refractivity contribution is 5.69. The molecule has 1 aromatic carbocycles. The number of benzene rings is 1. The van der Waals surface area contributed by atoms with Crippen LogP contribution in [0.2, 0.25) is 0 Å². The van der Waals surface area contributed by atoms with Crippen LogP contribution in [0.5, 0.6) is 5.88 Å². The number of aromatic nitrogens is 5. The quantitative estimate of drug-likeness (QED) is 0.547. The third-order valence-corrected chi connectivity index (χ3v) is 6.23. The van der Waals surface area contributed by atoms with Crippen molar-refractivity contribution in [3.8, 4) is 11.6 Å². The molecule has 3 aromatic rings. The van der Waals surface area contributed by atoms with Crippen LogP contribution in [-0.2, 0) is 9.47 Å². The Balaban J connectivity index is 1.28. The highest BCUT2D eigenvalue weighted by Gasteiger charge is 2.43. The molecule has 12 heteroatoms. The average Bonchev–Trinajstić information content (AvgIpc) is 3.37. The van der Waals surface area contributed by atoms with E-state index >= 15 is 0 Å². The maximum atomic E-state index is 14.8. The van der Waals surface area contributed by atoms with Crippen molar-refractivity contribution in [2.45, 2.75) is 57.9 Å². The normalized spacial score (nSPS) is 21.4. The van der Waals surface area contributed by atoms with Crippen LogP contribution in [0.15, 0.2) is 37.2 Å². The molecular weight excluding hydrogens is 469 g/mol. The number of fused-ring (bicyclic) bond motifs is 2. The van der Waals surface area contributed by atoms with Crippen LogP contribution >= 0.6 is 0 Å². The molecule has 36 heavy (non-hydrogen) atoms. The second-order valence-electron chi connectivity index (χ2n) is 9.18. The summed E-state index contributed by atoms with van der Waals surface area (Å²) in [6.45, 7) is 6.35. The van der Waals surface area contributed by atoms with Crippen molar-refractivity contribution in [1.82, 2.24) is 29.6 Å². The van der Waals surface area contributed by atoms with Gasteiger partial charge in [0, 0.05) is 18.9 Å². The van der Waals surface area contributed by atoms with Gasteiger partial charge in [-0.3, -0.25) is 4.90 Å². The summed E-state index contributed by atoms with van der Waals surface area (Å²) in [6, 6.07) is 4.44. The lowest BCUT2D eigenvalue weighted by Crippen LogP contribution is -2.61. The summed E-state index contributed by atoms with van der Waals surface area (Å²) in [6.07, 6.45) is 4.78. The lowest BCUT2D eigenvalue weighted by Gasteiger charge is -2.47. The fourth-order valence-corrected chi connectivity index (χ4v) is 4.58. The predicted molar refractivity (Wildman–Crippen MR) is 127 cm³/mol. The number of rotatable bonds is 6. The molecule has 2 atom stereocenters. The maximum Gasteiger partial charge on any atom is 0.410 e. The molecular formula is C24H28FN7O4. The van der Waals surface area contributed by atoms with Crippen molar-refractivity contribution in [3.63, 3.8) is 0 Å². The zero-order valence-electron chi connectivity index (χ0n) is 20.3. The van der Waals surface area contributed by atoms with E-state index in [0.717, 1.165) is 0 Å². The Bertz CT molecular complexity index is 1210. The smallest absolute Gasteiger partial charge is 0.410 e. The molecule has 2 bridgehead atoms. The van der Waals surface area contributed by atoms with Crippen LogP contribution in [0.3, 0.4) is 0 Å². The molecule has 190 valence electrons. The number of morpholine rings is 1. The van der Waals surface area contributed by atoms with E-state index in [0.29, 0.717) is 49.0 Å². The molecule has 0 saturated carbocycles. The van der Waals surface area contributed by atoms with E-state index in [2.05, 4.69) is 25.4 Å². The highest BCUT2D eigenvalue weighted by Crippen LogP contribution is 2.33. The maximum absolute atomic E-state index is 14.8. The number of nitrogens with zero attached hydrogens (tertiary/aromatic N) is 6. The molecule has 11 nitrogen and oxygen atoms in total. The fourth-order valence-electron chi connectivity index (χ4n) is 4.58. The SMILES string of the molecule is Cc1c(Nc2ccc(-n3cncn3)cc2F)ncnc1OC1CC2COCC(C1)N2C(=O)OC(C)C. The van der Waals surface area contributed by atoms with Gasteiger partial charge in [-0.2, -0.15) is 5.10 Å². The van der Waals surface area contributed by atoms with Crippen molar-refractivity contribution in [1.29, 1.82) is 0 Å². The Morgan fingerprint density at radius 1 is 1.19 bits per heavy atom. The van der Waals surface area contributed by atoms with E-state index in [9.17, 15) is 9.18 Å². The molecule has 1 N–H and O–H groups in total. The van der Waals surface area contributed by atoms with Crippen LogP contribution in [0.1, 0.15) is 32.3 Å². The van der Waals surface area contributed by atoms with Gasteiger partial charge in [0.1, 0.15) is 36.7 Å². The molecule has 2 fully saturated rings. The molecule has 0 spiro atoms. The van der Waals surface area contributed by atoms with E-state index in [1.807, 2.05) is 20.8 Å². The number of piperidine rings is 1. The third-order valence-electron chi connectivity index (χ3n) is 6.23. The van der Waals surface area contributed by atoms with Crippen molar-refractivity contribution in [2.75, 3.05) is 18.5 Å². The van der Waals surface area contributed by atoms with Crippen molar-refractivity contribution >= 4 is 17.6 Å². The Labute approximate surface area is 207 Å². The largest absolute Gasteiger partial charge is 0.474 e. The van der Waals surface area contributed by atoms with Gasteiger partial charge >= 0.3 is 6.09 Å². The summed E-state index contributed by atoms with van der Waals surface area (Å²) in [5.41, 5.74) is 1.47. The minimum atomic E-state index is -0.461. The second kappa shape index (κ2) is 10.1. The zero-order valence-corrected chi connectivity index (χ0v) is 20.3. The van der Waals surface area contributed by atoms with Gasteiger partial charge in [0.05, 0.1) is 48.3 Å². The number of halogens is 1. The van der Waals surface area contributed by atoms with Gasteiger partial charge in [-0.1, -0.05) is 0 Å². The number of hydrogen-bond acceptors (Lipinski definition) is 9. The number of hydrogen-bond donors (Lipinski definition) is 1. The van der Waals surface area contributed by atoms with Crippen LogP contribution in [-0.4, -0.2) is 73.2 Å². The van der Waals surface area contributed by atoms with Gasteiger partial charge in [0.2, 0.25) is 5.88 Å². The van der Waals surface area contributed by atoms with Gasteiger partial charge in [-0.05, 0) is 32.9 Å². The molecule has 0 radical (unpaired) electrons. The van der Waals surface area contributed by atoms with Crippen LogP contribution < -0.4 is 10.1 Å². The van der Waals surface area contributed by atoms with E-state index in [4.69, 9.17) is 14.2 Å². The van der Waals surface area contributed by atoms with Gasteiger partial charge < -0.3 is 19.5 Å². The number of nitrogens with one attached hydrogen (secondary N) is 1. The van der Waals surface area contributed by atoms with Crippen molar-refractivity contribution in [2.24, 2.45) is 0 Å². The molecule has 4 heterocycles. The molecule has 5 rings (SSSR count). The molecule has 0 aliphatic carbocycles. The third kappa shape index (κ3) is 4.94. The predicted octanol–water partition coefficient (Wildman–Crippen LogP) is 3.40. The summed E-state index contributed by atoms with van der Waals surface area (Å²) in [4.78, 5) is 26.9. The number of anilines is 2. The molecule has 2 aliphatic rings. The summed E-state index contributed by atoms with van der Waals surface area (Å²) in [5.74, 6) is 0.389. The first-order valence-corrected chi connectivity index (χ1v) is 11.9. The minimum Gasteiger partial charge on any atom is -0.474 e. The first kappa shape index (κ1) is 23.9. The Morgan fingerprint density at radius 3 is 2.64 bits per heavy atom. The molecule has 2 aliphatic heterocycles. The molecule has 2 unspecified atom stereocenters. The summed E-state index contributed by atoms with van der Waals surface area (Å²) >= 11 is 0. The number of carbonyl (C=O) groups is 1. The van der Waals surface area contributed by atoms with Crippen molar-refractivity contribution in [3.05, 3.63) is 48.6 Å². The number of ether oxygens (including phenoxy) is 3. The van der Waals surface area contributed by atoms with E-state index in [1.165, 1.54) is 29.7 Å². The zero-order chi connectivity index (χ0) is 25.2.